The molecule has 0 bridgehead atoms. The fourth-order valence-electron chi connectivity index (χ4n) is 5.61. The van der Waals surface area contributed by atoms with Crippen LogP contribution in [-0.4, -0.2) is 0 Å². The zero-order chi connectivity index (χ0) is 39.3. The molecule has 9 aromatic rings. The normalized spacial score (nSPS) is 17.2. The van der Waals surface area contributed by atoms with E-state index in [0.717, 1.165) is 5.39 Å². The minimum absolute atomic E-state index is 0.0146. The van der Waals surface area contributed by atoms with Crippen LogP contribution < -0.4 is 0 Å². The molecule has 0 atom stereocenters. The molecule has 0 saturated carbocycles. The molecule has 0 aliphatic rings. The maximum atomic E-state index is 9.27. The van der Waals surface area contributed by atoms with Crippen LogP contribution in [0.1, 0.15) is 20.6 Å². The molecule has 0 amide bonds. The highest BCUT2D eigenvalue weighted by atomic mass is 16.3. The molecule has 7 aromatic carbocycles. The largest absolute Gasteiger partial charge is 0.464 e. The van der Waals surface area contributed by atoms with Crippen LogP contribution in [-0.2, 0) is 0 Å². The third kappa shape index (κ3) is 2.93. The van der Waals surface area contributed by atoms with Gasteiger partial charge in [0.25, 0.3) is 0 Å². The fourth-order valence-corrected chi connectivity index (χ4v) is 5.61. The third-order valence-electron chi connectivity index (χ3n) is 7.28. The summed E-state index contributed by atoms with van der Waals surface area (Å²) in [6.07, 6.45) is 1.55. The van der Waals surface area contributed by atoms with Gasteiger partial charge in [-0.15, -0.1) is 0 Å². The van der Waals surface area contributed by atoms with Crippen molar-refractivity contribution in [2.24, 2.45) is 0 Å². The van der Waals surface area contributed by atoms with Gasteiger partial charge in [-0.1, -0.05) is 96.7 Å². The van der Waals surface area contributed by atoms with Crippen LogP contribution in [0, 0.1) is 0 Å². The van der Waals surface area contributed by atoms with Crippen molar-refractivity contribution < 1.29 is 29.4 Å². The van der Waals surface area contributed by atoms with Crippen LogP contribution >= 0.6 is 0 Å². The maximum Gasteiger partial charge on any atom is 0.145 e. The smallest absolute Gasteiger partial charge is 0.145 e. The Bertz CT molecular complexity index is 3180. The standard InChI is InChI=1S/C38H22O2/c1-2-10-26-23(8-1)9-7-15-27(26)36-30-13-5-3-11-28(30)35(29-12-4-6-14-31(29)36)25-16-18-32-34(22-25)40-33-19-17-24-20-21-39-38(24)37(32)33/h1-22H/i1D,2D,3D,4D,5D,6D,7D,8D,9D,10D,11D,12D,13D,14D,15D. The van der Waals surface area contributed by atoms with Gasteiger partial charge in [0.15, 0.2) is 0 Å². The van der Waals surface area contributed by atoms with E-state index in [0.29, 0.717) is 27.5 Å². The lowest BCUT2D eigenvalue weighted by Crippen LogP contribution is -1.91. The molecule has 0 aliphatic carbocycles. The van der Waals surface area contributed by atoms with E-state index in [1.54, 1.807) is 36.6 Å². The summed E-state index contributed by atoms with van der Waals surface area (Å²) in [4.78, 5) is 0. The molecule has 2 heteroatoms. The van der Waals surface area contributed by atoms with E-state index in [-0.39, 0.29) is 38.2 Å². The van der Waals surface area contributed by atoms with Gasteiger partial charge in [0.05, 0.1) is 32.2 Å². The first-order valence-corrected chi connectivity index (χ1v) is 12.4. The van der Waals surface area contributed by atoms with E-state index in [9.17, 15) is 6.85 Å². The maximum absolute atomic E-state index is 9.27. The van der Waals surface area contributed by atoms with Crippen LogP contribution in [0.5, 0.6) is 0 Å². The Morgan fingerprint density at radius 2 is 1.18 bits per heavy atom. The highest BCUT2D eigenvalue weighted by Gasteiger charge is 2.19. The van der Waals surface area contributed by atoms with Gasteiger partial charge in [-0.2, -0.15) is 0 Å². The third-order valence-corrected chi connectivity index (χ3v) is 7.28. The Labute approximate surface area is 250 Å². The van der Waals surface area contributed by atoms with Crippen molar-refractivity contribution in [2.75, 3.05) is 0 Å². The van der Waals surface area contributed by atoms with E-state index in [2.05, 4.69) is 0 Å². The Balaban J connectivity index is 1.59. The van der Waals surface area contributed by atoms with Gasteiger partial charge in [-0.05, 0) is 84.9 Å². The number of fused-ring (bicyclic) bond motifs is 8. The second kappa shape index (κ2) is 8.08. The Kier molecular flexibility index (Phi) is 2.39. The summed E-state index contributed by atoms with van der Waals surface area (Å²) >= 11 is 0. The van der Waals surface area contributed by atoms with Crippen LogP contribution in [0.2, 0.25) is 0 Å². The summed E-state index contributed by atoms with van der Waals surface area (Å²) in [7, 11) is 0. The van der Waals surface area contributed by atoms with Crippen molar-refractivity contribution >= 4 is 65.2 Å². The molecule has 2 aromatic heterocycles. The minimum Gasteiger partial charge on any atom is -0.464 e. The van der Waals surface area contributed by atoms with Crippen LogP contribution in [0.15, 0.2) is 142 Å². The molecule has 0 aliphatic heterocycles. The number of benzene rings is 7. The summed E-state index contributed by atoms with van der Waals surface area (Å²) in [5, 5.41) is 0.247. The minimum atomic E-state index is -0.763. The van der Waals surface area contributed by atoms with E-state index in [4.69, 9.17) is 22.5 Å². The molecule has 0 radical (unpaired) electrons. The summed E-state index contributed by atoms with van der Waals surface area (Å²) < 4.78 is 145. The van der Waals surface area contributed by atoms with E-state index in [1.807, 2.05) is 6.07 Å². The lowest BCUT2D eigenvalue weighted by Gasteiger charge is -2.18. The van der Waals surface area contributed by atoms with Gasteiger partial charge in [0, 0.05) is 10.8 Å². The second-order valence-corrected chi connectivity index (χ2v) is 9.34. The van der Waals surface area contributed by atoms with Crippen molar-refractivity contribution in [3.63, 3.8) is 0 Å². The predicted molar refractivity (Wildman–Crippen MR) is 167 cm³/mol. The fraction of sp³-hybridized carbons (Fsp3) is 0. The Hall–Kier alpha value is -5.34. The average Bonchev–Trinajstić information content (AvgIpc) is 3.81. The Morgan fingerprint density at radius 3 is 1.95 bits per heavy atom. The Morgan fingerprint density at radius 1 is 0.500 bits per heavy atom. The summed E-state index contributed by atoms with van der Waals surface area (Å²) in [6.45, 7) is 0. The van der Waals surface area contributed by atoms with Gasteiger partial charge >= 0.3 is 0 Å². The topological polar surface area (TPSA) is 26.3 Å². The lowest BCUT2D eigenvalue weighted by molar-refractivity contribution is 0.618. The average molecular weight is 526 g/mol. The molecule has 0 unspecified atom stereocenters. The molecular weight excluding hydrogens is 488 g/mol. The first kappa shape index (κ1) is 11.8. The molecule has 2 nitrogen and oxygen atoms in total. The van der Waals surface area contributed by atoms with Crippen molar-refractivity contribution in [1.29, 1.82) is 0 Å². The summed E-state index contributed by atoms with van der Waals surface area (Å²) in [5.74, 6) is 0. The molecule has 40 heavy (non-hydrogen) atoms. The molecule has 0 spiro atoms. The molecule has 0 N–H and O–H groups in total. The lowest BCUT2D eigenvalue weighted by atomic mass is 9.84. The molecule has 9 rings (SSSR count). The van der Waals surface area contributed by atoms with Crippen molar-refractivity contribution in [3.8, 4) is 22.3 Å². The number of furan rings is 2. The van der Waals surface area contributed by atoms with Crippen molar-refractivity contribution in [2.45, 2.75) is 0 Å². The first-order chi connectivity index (χ1) is 26.1. The summed E-state index contributed by atoms with van der Waals surface area (Å²) in [5.41, 5.74) is 0.826. The first-order valence-electron chi connectivity index (χ1n) is 19.9. The van der Waals surface area contributed by atoms with Gasteiger partial charge in [-0.3, -0.25) is 0 Å². The zero-order valence-corrected chi connectivity index (χ0v) is 20.4. The van der Waals surface area contributed by atoms with Crippen LogP contribution in [0.25, 0.3) is 87.5 Å². The van der Waals surface area contributed by atoms with Crippen LogP contribution in [0.3, 0.4) is 0 Å². The van der Waals surface area contributed by atoms with E-state index < -0.39 is 107 Å². The molecule has 2 heterocycles. The SMILES string of the molecule is [2H]c1c([2H])c([2H])c2c(-c3c4c([2H])c([2H])c([2H])c([2H])c4c(-c4ccc5c(c4)oc4ccc6ccoc6c45)c4c([2H])c([2H])c([2H])c([2H])c34)c([2H])c([2H])c([2H])c2c1[2H]. The second-order valence-electron chi connectivity index (χ2n) is 9.34. The predicted octanol–water partition coefficient (Wildman–Crippen LogP) is 11.1. The molecule has 0 saturated heterocycles. The van der Waals surface area contributed by atoms with Gasteiger partial charge in [0.2, 0.25) is 0 Å². The zero-order valence-electron chi connectivity index (χ0n) is 35.4. The number of rotatable bonds is 2. The van der Waals surface area contributed by atoms with E-state index in [1.165, 1.54) is 0 Å². The number of hydrogen-bond donors (Lipinski definition) is 0. The monoisotopic (exact) mass is 525 g/mol. The van der Waals surface area contributed by atoms with Gasteiger partial charge in [-0.25, -0.2) is 0 Å². The molecular formula is C38H22O2. The van der Waals surface area contributed by atoms with Crippen LogP contribution in [0.4, 0.5) is 0 Å². The quantitative estimate of drug-likeness (QED) is 0.210. The number of hydrogen-bond acceptors (Lipinski definition) is 2. The molecule has 186 valence electrons. The van der Waals surface area contributed by atoms with Gasteiger partial charge < -0.3 is 8.83 Å². The molecule has 0 fully saturated rings. The highest BCUT2D eigenvalue weighted by molar-refractivity contribution is 6.24. The van der Waals surface area contributed by atoms with Gasteiger partial charge in [0.1, 0.15) is 16.7 Å². The summed E-state index contributed by atoms with van der Waals surface area (Å²) in [6, 6.07) is 0.0205. The van der Waals surface area contributed by atoms with E-state index >= 15 is 0 Å². The highest BCUT2D eigenvalue weighted by Crippen LogP contribution is 2.46. The van der Waals surface area contributed by atoms with Crippen molar-refractivity contribution in [3.05, 3.63) is 133 Å². The van der Waals surface area contributed by atoms with Crippen molar-refractivity contribution in [1.82, 2.24) is 0 Å².